The molecule has 0 N–H and O–H groups in total. The zero-order chi connectivity index (χ0) is 26.1. The highest BCUT2D eigenvalue weighted by Gasteiger charge is 2.59. The third kappa shape index (κ3) is 4.18. The molecule has 1 fully saturated rings. The number of esters is 1. The fourth-order valence-electron chi connectivity index (χ4n) is 4.65. The van der Waals surface area contributed by atoms with E-state index in [0.717, 1.165) is 10.5 Å². The standard InChI is InChI=1S/C28H24N2O7/c1-35-19-13-12-18(22(14-19)36-2)15-29-24(28(34)37-16-17-8-4-3-5-9-17)23(27(29)33)30-25(31)20-10-6-7-11-21(20)26(30)32/h3-14,23-24H,15-16H2,1-2H3/t23-,24-/m1/s1. The maximum Gasteiger partial charge on any atom is 0.331 e. The predicted molar refractivity (Wildman–Crippen MR) is 131 cm³/mol. The van der Waals surface area contributed by atoms with Crippen LogP contribution in [-0.4, -0.2) is 59.8 Å². The molecule has 0 aliphatic carbocycles. The first-order chi connectivity index (χ1) is 17.9. The van der Waals surface area contributed by atoms with E-state index in [1.54, 1.807) is 42.5 Å². The summed E-state index contributed by atoms with van der Waals surface area (Å²) in [5.41, 5.74) is 1.79. The molecule has 3 aromatic carbocycles. The number of fused-ring (bicyclic) bond motifs is 1. The Morgan fingerprint density at radius 2 is 1.49 bits per heavy atom. The first-order valence-corrected chi connectivity index (χ1v) is 11.6. The molecule has 0 saturated carbocycles. The number of hydrogen-bond acceptors (Lipinski definition) is 7. The summed E-state index contributed by atoms with van der Waals surface area (Å²) in [6.07, 6.45) is 0. The van der Waals surface area contributed by atoms with Crippen molar-refractivity contribution in [3.05, 3.63) is 95.1 Å². The SMILES string of the molecule is COc1ccc(CN2C(=O)[C@H](N3C(=O)c4ccccc4C3=O)[C@@H]2C(=O)OCc2ccccc2)c(OC)c1. The number of carbonyl (C=O) groups is 4. The van der Waals surface area contributed by atoms with Gasteiger partial charge in [0.25, 0.3) is 11.8 Å². The van der Waals surface area contributed by atoms with Crippen LogP contribution in [0.25, 0.3) is 0 Å². The molecule has 9 heteroatoms. The highest BCUT2D eigenvalue weighted by Crippen LogP contribution is 2.36. The number of amides is 3. The number of β-lactam (4-membered cyclic amide) rings is 1. The Kier molecular flexibility index (Phi) is 6.35. The number of benzene rings is 3. The van der Waals surface area contributed by atoms with Crippen molar-refractivity contribution in [3.63, 3.8) is 0 Å². The molecule has 0 unspecified atom stereocenters. The number of methoxy groups -OCH3 is 2. The van der Waals surface area contributed by atoms with Crippen LogP contribution >= 0.6 is 0 Å². The van der Waals surface area contributed by atoms with Crippen LogP contribution < -0.4 is 9.47 Å². The fourth-order valence-corrected chi connectivity index (χ4v) is 4.65. The summed E-state index contributed by atoms with van der Waals surface area (Å²) in [6.45, 7) is -0.00429. The van der Waals surface area contributed by atoms with Gasteiger partial charge in [-0.25, -0.2) is 4.79 Å². The van der Waals surface area contributed by atoms with Gasteiger partial charge in [-0.05, 0) is 29.8 Å². The van der Waals surface area contributed by atoms with E-state index in [4.69, 9.17) is 14.2 Å². The monoisotopic (exact) mass is 500 g/mol. The first kappa shape index (κ1) is 24.1. The van der Waals surface area contributed by atoms with Crippen LogP contribution in [0.15, 0.2) is 72.8 Å². The summed E-state index contributed by atoms with van der Waals surface area (Å²) in [4.78, 5) is 55.2. The molecule has 9 nitrogen and oxygen atoms in total. The fraction of sp³-hybridized carbons (Fsp3) is 0.214. The van der Waals surface area contributed by atoms with E-state index in [2.05, 4.69) is 0 Å². The average molecular weight is 501 g/mol. The molecular formula is C28H24N2O7. The molecule has 2 aliphatic heterocycles. The zero-order valence-electron chi connectivity index (χ0n) is 20.2. The van der Waals surface area contributed by atoms with Gasteiger partial charge in [0.1, 0.15) is 18.1 Å². The molecule has 2 heterocycles. The first-order valence-electron chi connectivity index (χ1n) is 11.6. The van der Waals surface area contributed by atoms with Gasteiger partial charge >= 0.3 is 5.97 Å². The molecule has 1 saturated heterocycles. The summed E-state index contributed by atoms with van der Waals surface area (Å²) >= 11 is 0. The maximum atomic E-state index is 13.4. The van der Waals surface area contributed by atoms with E-state index >= 15 is 0 Å². The minimum absolute atomic E-state index is 0.0107. The van der Waals surface area contributed by atoms with Crippen molar-refractivity contribution in [1.82, 2.24) is 9.80 Å². The summed E-state index contributed by atoms with van der Waals surface area (Å²) in [6, 6.07) is 18.1. The number of ether oxygens (including phenoxy) is 3. The lowest BCUT2D eigenvalue weighted by Gasteiger charge is -2.47. The van der Waals surface area contributed by atoms with Crippen LogP contribution in [0.5, 0.6) is 11.5 Å². The molecule has 0 spiro atoms. The zero-order valence-corrected chi connectivity index (χ0v) is 20.2. The van der Waals surface area contributed by atoms with Gasteiger partial charge in [-0.3, -0.25) is 19.3 Å². The molecule has 2 aliphatic rings. The van der Waals surface area contributed by atoms with Gasteiger partial charge in [0.05, 0.1) is 31.9 Å². The van der Waals surface area contributed by atoms with E-state index < -0.39 is 35.8 Å². The van der Waals surface area contributed by atoms with Gasteiger partial charge < -0.3 is 19.1 Å². The third-order valence-corrected chi connectivity index (χ3v) is 6.57. The second kappa shape index (κ2) is 9.77. The summed E-state index contributed by atoms with van der Waals surface area (Å²) < 4.78 is 16.2. The highest BCUT2D eigenvalue weighted by atomic mass is 16.5. The Balaban J connectivity index is 1.44. The van der Waals surface area contributed by atoms with Crippen LogP contribution in [0.4, 0.5) is 0 Å². The number of carbonyl (C=O) groups excluding carboxylic acids is 4. The van der Waals surface area contributed by atoms with Gasteiger partial charge in [0, 0.05) is 11.6 Å². The smallest absolute Gasteiger partial charge is 0.331 e. The molecule has 2 atom stereocenters. The molecule has 0 aromatic heterocycles. The van der Waals surface area contributed by atoms with Gasteiger partial charge in [0.2, 0.25) is 5.91 Å². The lowest BCUT2D eigenvalue weighted by atomic mass is 9.92. The Bertz CT molecular complexity index is 1350. The van der Waals surface area contributed by atoms with Crippen molar-refractivity contribution >= 4 is 23.7 Å². The van der Waals surface area contributed by atoms with Crippen molar-refractivity contribution < 1.29 is 33.4 Å². The highest BCUT2D eigenvalue weighted by molar-refractivity contribution is 6.24. The van der Waals surface area contributed by atoms with E-state index in [9.17, 15) is 19.2 Å². The molecular weight excluding hydrogens is 476 g/mol. The minimum Gasteiger partial charge on any atom is -0.497 e. The van der Waals surface area contributed by atoms with Gasteiger partial charge in [-0.2, -0.15) is 0 Å². The Morgan fingerprint density at radius 1 is 0.838 bits per heavy atom. The normalized spacial score (nSPS) is 18.4. The van der Waals surface area contributed by atoms with Crippen LogP contribution in [0.2, 0.25) is 0 Å². The van der Waals surface area contributed by atoms with Gasteiger partial charge in [0.15, 0.2) is 12.1 Å². The van der Waals surface area contributed by atoms with E-state index in [1.807, 2.05) is 18.2 Å². The third-order valence-electron chi connectivity index (χ3n) is 6.57. The van der Waals surface area contributed by atoms with Crippen molar-refractivity contribution in [2.45, 2.75) is 25.2 Å². The number of rotatable bonds is 8. The lowest BCUT2D eigenvalue weighted by molar-refractivity contribution is -0.175. The number of likely N-dealkylation sites (tertiary alicyclic amines) is 1. The predicted octanol–water partition coefficient (Wildman–Crippen LogP) is 2.82. The van der Waals surface area contributed by atoms with Gasteiger partial charge in [-0.15, -0.1) is 0 Å². The molecule has 3 amide bonds. The van der Waals surface area contributed by atoms with E-state index in [1.165, 1.54) is 31.3 Å². The van der Waals surface area contributed by atoms with Crippen molar-refractivity contribution in [1.29, 1.82) is 0 Å². The molecule has 5 rings (SSSR count). The number of imide groups is 1. The Labute approximate surface area is 213 Å². The second-order valence-corrected chi connectivity index (χ2v) is 8.65. The second-order valence-electron chi connectivity index (χ2n) is 8.65. The molecule has 0 bridgehead atoms. The summed E-state index contributed by atoms with van der Waals surface area (Å²) in [7, 11) is 3.02. The van der Waals surface area contributed by atoms with Crippen molar-refractivity contribution in [2.75, 3.05) is 14.2 Å². The van der Waals surface area contributed by atoms with Crippen LogP contribution in [0.1, 0.15) is 31.8 Å². The topological polar surface area (TPSA) is 102 Å². The number of hydrogen-bond donors (Lipinski definition) is 0. The lowest BCUT2D eigenvalue weighted by Crippen LogP contribution is -2.73. The Morgan fingerprint density at radius 3 is 2.11 bits per heavy atom. The van der Waals surface area contributed by atoms with Crippen molar-refractivity contribution in [3.8, 4) is 11.5 Å². The van der Waals surface area contributed by atoms with Crippen molar-refractivity contribution in [2.24, 2.45) is 0 Å². The molecule has 3 aromatic rings. The van der Waals surface area contributed by atoms with Crippen LogP contribution in [-0.2, 0) is 27.5 Å². The van der Waals surface area contributed by atoms with Gasteiger partial charge in [-0.1, -0.05) is 42.5 Å². The molecule has 188 valence electrons. The average Bonchev–Trinajstić information content (AvgIpc) is 3.18. The quantitative estimate of drug-likeness (QED) is 0.266. The molecule has 0 radical (unpaired) electrons. The summed E-state index contributed by atoms with van der Waals surface area (Å²) in [5.74, 6) is -1.43. The Hall–Kier alpha value is -4.66. The maximum absolute atomic E-state index is 13.4. The van der Waals surface area contributed by atoms with Crippen LogP contribution in [0.3, 0.4) is 0 Å². The van der Waals surface area contributed by atoms with Crippen LogP contribution in [0, 0.1) is 0 Å². The number of nitrogens with zero attached hydrogens (tertiary/aromatic N) is 2. The summed E-state index contributed by atoms with van der Waals surface area (Å²) in [5, 5.41) is 0. The van der Waals surface area contributed by atoms with E-state index in [-0.39, 0.29) is 24.3 Å². The largest absolute Gasteiger partial charge is 0.497 e. The van der Waals surface area contributed by atoms with E-state index in [0.29, 0.717) is 17.1 Å². The molecule has 37 heavy (non-hydrogen) atoms. The minimum atomic E-state index is -1.31.